The van der Waals surface area contributed by atoms with E-state index in [-0.39, 0.29) is 11.6 Å². The summed E-state index contributed by atoms with van der Waals surface area (Å²) in [4.78, 5) is 25.1. The second-order valence-electron chi connectivity index (χ2n) is 5.54. The van der Waals surface area contributed by atoms with Crippen LogP contribution in [-0.2, 0) is 6.42 Å². The Morgan fingerprint density at radius 1 is 0.762 bits per heavy atom. The number of benzene rings is 2. The van der Waals surface area contributed by atoms with Gasteiger partial charge in [0.25, 0.3) is 0 Å². The molecule has 0 N–H and O–H groups in total. The molecule has 21 heavy (non-hydrogen) atoms. The first kappa shape index (κ1) is 13.7. The first-order chi connectivity index (χ1) is 10.2. The van der Waals surface area contributed by atoms with E-state index in [1.165, 1.54) is 12.8 Å². The summed E-state index contributed by atoms with van der Waals surface area (Å²) < 4.78 is 0. The molecular weight excluding hydrogens is 260 g/mol. The van der Waals surface area contributed by atoms with Crippen molar-refractivity contribution in [3.8, 4) is 0 Å². The Balaban J connectivity index is 1.99. The molecule has 0 fully saturated rings. The second-order valence-corrected chi connectivity index (χ2v) is 5.54. The van der Waals surface area contributed by atoms with E-state index in [0.717, 1.165) is 18.4 Å². The summed E-state index contributed by atoms with van der Waals surface area (Å²) >= 11 is 0. The molecule has 0 aromatic heterocycles. The zero-order valence-electron chi connectivity index (χ0n) is 12.2. The van der Waals surface area contributed by atoms with Gasteiger partial charge in [0.05, 0.1) is 0 Å². The van der Waals surface area contributed by atoms with Gasteiger partial charge in [-0.25, -0.2) is 0 Å². The topological polar surface area (TPSA) is 34.1 Å². The van der Waals surface area contributed by atoms with Crippen LogP contribution in [0.1, 0.15) is 63.6 Å². The third-order valence-corrected chi connectivity index (χ3v) is 4.06. The van der Waals surface area contributed by atoms with E-state index in [4.69, 9.17) is 0 Å². The molecule has 0 radical (unpaired) electrons. The molecule has 0 bridgehead atoms. The number of aryl methyl sites for hydroxylation is 1. The Bertz CT molecular complexity index is 713. The van der Waals surface area contributed by atoms with Gasteiger partial charge in [-0.1, -0.05) is 56.2 Å². The van der Waals surface area contributed by atoms with Crippen LogP contribution in [0.3, 0.4) is 0 Å². The van der Waals surface area contributed by atoms with Crippen LogP contribution < -0.4 is 0 Å². The number of carbonyl (C=O) groups excluding carboxylic acids is 2. The van der Waals surface area contributed by atoms with Gasteiger partial charge in [-0.3, -0.25) is 9.59 Å². The zero-order valence-corrected chi connectivity index (χ0v) is 12.2. The van der Waals surface area contributed by atoms with Crippen molar-refractivity contribution in [2.75, 3.05) is 0 Å². The normalized spacial score (nSPS) is 13.0. The summed E-state index contributed by atoms with van der Waals surface area (Å²) in [6.45, 7) is 2.17. The van der Waals surface area contributed by atoms with Crippen molar-refractivity contribution in [1.29, 1.82) is 0 Å². The molecule has 2 aromatic carbocycles. The summed E-state index contributed by atoms with van der Waals surface area (Å²) in [5, 5.41) is 0. The Morgan fingerprint density at radius 2 is 1.38 bits per heavy atom. The monoisotopic (exact) mass is 278 g/mol. The summed E-state index contributed by atoms with van der Waals surface area (Å²) in [5.74, 6) is -0.0714. The highest BCUT2D eigenvalue weighted by Gasteiger charge is 2.29. The fraction of sp³-hybridized carbons (Fsp3) is 0.263. The van der Waals surface area contributed by atoms with E-state index in [0.29, 0.717) is 22.3 Å². The predicted molar refractivity (Wildman–Crippen MR) is 83.0 cm³/mol. The molecule has 1 aliphatic carbocycles. The molecule has 1 aliphatic rings. The van der Waals surface area contributed by atoms with Crippen LogP contribution in [0.5, 0.6) is 0 Å². The van der Waals surface area contributed by atoms with E-state index >= 15 is 0 Å². The Morgan fingerprint density at radius 3 is 2.05 bits per heavy atom. The number of hydrogen-bond donors (Lipinski definition) is 0. The van der Waals surface area contributed by atoms with Crippen molar-refractivity contribution in [2.45, 2.75) is 32.6 Å². The first-order valence-electron chi connectivity index (χ1n) is 7.53. The minimum absolute atomic E-state index is 0.0301. The quantitative estimate of drug-likeness (QED) is 0.670. The van der Waals surface area contributed by atoms with Gasteiger partial charge in [-0.05, 0) is 24.5 Å². The average Bonchev–Trinajstić information content (AvgIpc) is 2.53. The molecular formula is C19H18O2. The van der Waals surface area contributed by atoms with Crippen LogP contribution in [0.15, 0.2) is 42.5 Å². The van der Waals surface area contributed by atoms with Gasteiger partial charge in [-0.15, -0.1) is 0 Å². The predicted octanol–water partition coefficient (Wildman–Crippen LogP) is 4.19. The van der Waals surface area contributed by atoms with Crippen molar-refractivity contribution in [2.24, 2.45) is 0 Å². The summed E-state index contributed by atoms with van der Waals surface area (Å²) in [6.07, 6.45) is 4.45. The van der Waals surface area contributed by atoms with Crippen molar-refractivity contribution >= 4 is 11.6 Å². The van der Waals surface area contributed by atoms with Gasteiger partial charge in [0.2, 0.25) is 0 Å². The summed E-state index contributed by atoms with van der Waals surface area (Å²) in [7, 11) is 0. The van der Waals surface area contributed by atoms with Gasteiger partial charge in [0, 0.05) is 22.3 Å². The molecule has 0 saturated heterocycles. The highest BCUT2D eigenvalue weighted by molar-refractivity contribution is 6.28. The second kappa shape index (κ2) is 5.65. The minimum Gasteiger partial charge on any atom is -0.289 e. The van der Waals surface area contributed by atoms with Gasteiger partial charge in [-0.2, -0.15) is 0 Å². The van der Waals surface area contributed by atoms with Crippen molar-refractivity contribution in [3.05, 3.63) is 70.3 Å². The summed E-state index contributed by atoms with van der Waals surface area (Å²) in [5.41, 5.74) is 3.29. The van der Waals surface area contributed by atoms with Crippen molar-refractivity contribution < 1.29 is 9.59 Å². The molecule has 0 saturated carbocycles. The number of hydrogen-bond acceptors (Lipinski definition) is 2. The van der Waals surface area contributed by atoms with Gasteiger partial charge in [0.1, 0.15) is 0 Å². The fourth-order valence-corrected chi connectivity index (χ4v) is 2.88. The molecule has 3 rings (SSSR count). The van der Waals surface area contributed by atoms with E-state index < -0.39 is 0 Å². The van der Waals surface area contributed by atoms with Crippen LogP contribution in [-0.4, -0.2) is 11.6 Å². The maximum atomic E-state index is 12.6. The number of fused-ring (bicyclic) bond motifs is 2. The Hall–Kier alpha value is -2.22. The van der Waals surface area contributed by atoms with E-state index in [2.05, 4.69) is 6.92 Å². The number of carbonyl (C=O) groups is 2. The Labute approximate surface area is 124 Å². The molecule has 2 heteroatoms. The van der Waals surface area contributed by atoms with Crippen LogP contribution in [0.2, 0.25) is 0 Å². The molecule has 0 amide bonds. The highest BCUT2D eigenvalue weighted by Crippen LogP contribution is 2.28. The standard InChI is InChI=1S/C19H18O2/c1-2-3-4-7-13-10-11-16-17(12-13)19(21)15-9-6-5-8-14(15)18(16)20/h5-6,8-12H,2-4,7H2,1H3. The van der Waals surface area contributed by atoms with Crippen LogP contribution in [0.25, 0.3) is 0 Å². The van der Waals surface area contributed by atoms with Crippen molar-refractivity contribution in [1.82, 2.24) is 0 Å². The van der Waals surface area contributed by atoms with E-state index in [1.807, 2.05) is 18.2 Å². The van der Waals surface area contributed by atoms with Gasteiger partial charge in [0.15, 0.2) is 11.6 Å². The third kappa shape index (κ3) is 2.42. The van der Waals surface area contributed by atoms with E-state index in [1.54, 1.807) is 24.3 Å². The van der Waals surface area contributed by atoms with Crippen LogP contribution in [0, 0.1) is 0 Å². The lowest BCUT2D eigenvalue weighted by molar-refractivity contribution is 0.0979. The third-order valence-electron chi connectivity index (χ3n) is 4.06. The molecule has 106 valence electrons. The molecule has 0 heterocycles. The number of ketones is 2. The molecule has 0 aliphatic heterocycles. The molecule has 0 unspecified atom stereocenters. The molecule has 0 spiro atoms. The van der Waals surface area contributed by atoms with E-state index in [9.17, 15) is 9.59 Å². The minimum atomic E-state index is -0.0414. The van der Waals surface area contributed by atoms with Gasteiger partial charge >= 0.3 is 0 Å². The highest BCUT2D eigenvalue weighted by atomic mass is 16.1. The molecule has 0 atom stereocenters. The SMILES string of the molecule is CCCCCc1ccc2c(c1)C(=O)c1ccccc1C2=O. The lowest BCUT2D eigenvalue weighted by atomic mass is 9.83. The van der Waals surface area contributed by atoms with Crippen molar-refractivity contribution in [3.63, 3.8) is 0 Å². The number of unbranched alkanes of at least 4 members (excludes halogenated alkanes) is 2. The number of rotatable bonds is 4. The fourth-order valence-electron chi connectivity index (χ4n) is 2.88. The smallest absolute Gasteiger partial charge is 0.194 e. The average molecular weight is 278 g/mol. The summed E-state index contributed by atoms with van der Waals surface area (Å²) in [6, 6.07) is 12.8. The van der Waals surface area contributed by atoms with Crippen LogP contribution >= 0.6 is 0 Å². The molecule has 2 aromatic rings. The largest absolute Gasteiger partial charge is 0.289 e. The lowest BCUT2D eigenvalue weighted by Gasteiger charge is -2.18. The maximum absolute atomic E-state index is 12.6. The zero-order chi connectivity index (χ0) is 14.8. The van der Waals surface area contributed by atoms with Crippen LogP contribution in [0.4, 0.5) is 0 Å². The maximum Gasteiger partial charge on any atom is 0.194 e. The first-order valence-corrected chi connectivity index (χ1v) is 7.53. The van der Waals surface area contributed by atoms with Gasteiger partial charge < -0.3 is 0 Å². The Kier molecular flexibility index (Phi) is 3.70. The lowest BCUT2D eigenvalue weighted by Crippen LogP contribution is -2.20. The molecule has 2 nitrogen and oxygen atoms in total.